The maximum Gasteiger partial charge on any atom is 0.119 e. The molecule has 2 aromatic rings. The van der Waals surface area contributed by atoms with E-state index in [0.29, 0.717) is 11.8 Å². The summed E-state index contributed by atoms with van der Waals surface area (Å²) >= 11 is 6.67. The summed E-state index contributed by atoms with van der Waals surface area (Å²) in [6.07, 6.45) is 1.39. The van der Waals surface area contributed by atoms with Crippen molar-refractivity contribution >= 4 is 11.6 Å². The van der Waals surface area contributed by atoms with Gasteiger partial charge in [-0.25, -0.2) is 0 Å². The number of benzene rings is 2. The smallest absolute Gasteiger partial charge is 0.119 e. The van der Waals surface area contributed by atoms with Crippen LogP contribution < -0.4 is 4.74 Å². The Bertz CT molecular complexity index is 576. The number of hydrogen-bond donors (Lipinski definition) is 0. The van der Waals surface area contributed by atoms with E-state index in [2.05, 4.69) is 42.5 Å². The quantitative estimate of drug-likeness (QED) is 0.657. The van der Waals surface area contributed by atoms with Gasteiger partial charge in [-0.05, 0) is 55.4 Å². The lowest BCUT2D eigenvalue weighted by molar-refractivity contribution is 0.242. The molecule has 1 aliphatic rings. The predicted octanol–water partition coefficient (Wildman–Crippen LogP) is 5.56. The maximum absolute atomic E-state index is 6.67. The van der Waals surface area contributed by atoms with E-state index in [4.69, 9.17) is 16.3 Å². The molecule has 0 N–H and O–H groups in total. The third-order valence-electron chi connectivity index (χ3n) is 4.01. The van der Waals surface area contributed by atoms with Gasteiger partial charge in [0.15, 0.2) is 0 Å². The summed E-state index contributed by atoms with van der Waals surface area (Å²) < 4.78 is 5.67. The van der Waals surface area contributed by atoms with Gasteiger partial charge in [0.1, 0.15) is 5.75 Å². The Morgan fingerprint density at radius 1 is 1.00 bits per heavy atom. The Balaban J connectivity index is 1.65. The predicted molar refractivity (Wildman–Crippen MR) is 88.1 cm³/mol. The van der Waals surface area contributed by atoms with Crippen molar-refractivity contribution in [3.63, 3.8) is 0 Å². The molecular weight excluding hydrogens is 280 g/mol. The zero-order chi connectivity index (χ0) is 14.8. The average molecular weight is 301 g/mol. The average Bonchev–Trinajstić information content (AvgIpc) is 3.28. The fourth-order valence-corrected chi connectivity index (χ4v) is 3.30. The molecule has 1 fully saturated rings. The third-order valence-corrected chi connectivity index (χ3v) is 4.59. The largest absolute Gasteiger partial charge is 0.491 e. The molecule has 0 bridgehead atoms. The van der Waals surface area contributed by atoms with Gasteiger partial charge in [0, 0.05) is 0 Å². The third kappa shape index (κ3) is 3.41. The second kappa shape index (κ2) is 6.11. The summed E-state index contributed by atoms with van der Waals surface area (Å²) in [6.45, 7) is 4.07. The fraction of sp³-hybridized carbons (Fsp3) is 0.368. The lowest BCUT2D eigenvalue weighted by Gasteiger charge is -2.13. The van der Waals surface area contributed by atoms with Crippen LogP contribution in [0, 0.1) is 5.92 Å². The van der Waals surface area contributed by atoms with Crippen molar-refractivity contribution in [1.82, 2.24) is 0 Å². The van der Waals surface area contributed by atoms with Crippen molar-refractivity contribution < 1.29 is 4.74 Å². The lowest BCUT2D eigenvalue weighted by Crippen LogP contribution is -2.05. The van der Waals surface area contributed by atoms with Crippen LogP contribution >= 0.6 is 11.6 Å². The van der Waals surface area contributed by atoms with E-state index in [1.807, 2.05) is 26.0 Å². The molecular formula is C19H21ClO. The van der Waals surface area contributed by atoms with Gasteiger partial charge < -0.3 is 4.74 Å². The topological polar surface area (TPSA) is 9.23 Å². The standard InChI is InChI=1S/C19H21ClO/c1-13(2)21-16-10-8-15(9-11-16)19(20)18-12-17(18)14-6-4-3-5-7-14/h3-11,13,17-19H,12H2,1-2H3. The first kappa shape index (κ1) is 14.5. The monoisotopic (exact) mass is 300 g/mol. The van der Waals surface area contributed by atoms with Crippen LogP contribution in [0.2, 0.25) is 0 Å². The molecule has 21 heavy (non-hydrogen) atoms. The maximum atomic E-state index is 6.67. The van der Waals surface area contributed by atoms with Crippen molar-refractivity contribution in [2.45, 2.75) is 37.7 Å². The summed E-state index contributed by atoms with van der Waals surface area (Å²) in [7, 11) is 0. The van der Waals surface area contributed by atoms with Gasteiger partial charge in [0.2, 0.25) is 0 Å². The molecule has 0 spiro atoms. The first-order valence-electron chi connectivity index (χ1n) is 7.61. The van der Waals surface area contributed by atoms with Crippen LogP contribution in [-0.4, -0.2) is 6.10 Å². The Hall–Kier alpha value is -1.47. The molecule has 3 rings (SSSR count). The molecule has 2 aromatic carbocycles. The minimum absolute atomic E-state index is 0.0864. The lowest BCUT2D eigenvalue weighted by atomic mass is 10.0. The van der Waals surface area contributed by atoms with Gasteiger partial charge in [-0.1, -0.05) is 42.5 Å². The van der Waals surface area contributed by atoms with Crippen LogP contribution in [0.5, 0.6) is 5.75 Å². The van der Waals surface area contributed by atoms with E-state index in [1.165, 1.54) is 17.5 Å². The molecule has 1 nitrogen and oxygen atoms in total. The Morgan fingerprint density at radius 2 is 1.67 bits per heavy atom. The zero-order valence-electron chi connectivity index (χ0n) is 12.5. The van der Waals surface area contributed by atoms with E-state index >= 15 is 0 Å². The number of ether oxygens (including phenoxy) is 1. The van der Waals surface area contributed by atoms with Crippen molar-refractivity contribution in [2.75, 3.05) is 0 Å². The van der Waals surface area contributed by atoms with Gasteiger partial charge >= 0.3 is 0 Å². The molecule has 0 aliphatic heterocycles. The summed E-state index contributed by atoms with van der Waals surface area (Å²) in [5, 5.41) is 0.0864. The van der Waals surface area contributed by atoms with E-state index in [0.717, 1.165) is 5.75 Å². The Morgan fingerprint density at radius 3 is 2.29 bits per heavy atom. The number of alkyl halides is 1. The highest BCUT2D eigenvalue weighted by molar-refractivity contribution is 6.21. The van der Waals surface area contributed by atoms with Crippen molar-refractivity contribution in [3.05, 3.63) is 65.7 Å². The van der Waals surface area contributed by atoms with Crippen LogP contribution in [0.1, 0.15) is 42.7 Å². The minimum Gasteiger partial charge on any atom is -0.491 e. The number of rotatable bonds is 5. The SMILES string of the molecule is CC(C)Oc1ccc(C(Cl)C2CC2c2ccccc2)cc1. The molecule has 0 saturated heterocycles. The summed E-state index contributed by atoms with van der Waals surface area (Å²) in [5.41, 5.74) is 2.60. The van der Waals surface area contributed by atoms with Crippen molar-refractivity contribution in [3.8, 4) is 5.75 Å². The van der Waals surface area contributed by atoms with Gasteiger partial charge in [-0.3, -0.25) is 0 Å². The molecule has 3 atom stereocenters. The van der Waals surface area contributed by atoms with Crippen molar-refractivity contribution in [2.24, 2.45) is 5.92 Å². The van der Waals surface area contributed by atoms with Crippen LogP contribution in [0.15, 0.2) is 54.6 Å². The highest BCUT2D eigenvalue weighted by Crippen LogP contribution is 2.56. The number of hydrogen-bond acceptors (Lipinski definition) is 1. The molecule has 0 radical (unpaired) electrons. The van der Waals surface area contributed by atoms with Crippen molar-refractivity contribution in [1.29, 1.82) is 0 Å². The Labute approximate surface area is 131 Å². The van der Waals surface area contributed by atoms with Crippen LogP contribution in [0.25, 0.3) is 0 Å². The molecule has 1 saturated carbocycles. The van der Waals surface area contributed by atoms with Crippen LogP contribution in [-0.2, 0) is 0 Å². The molecule has 110 valence electrons. The molecule has 3 unspecified atom stereocenters. The second-order valence-corrected chi connectivity index (χ2v) is 6.52. The summed E-state index contributed by atoms with van der Waals surface area (Å²) in [6, 6.07) is 18.9. The summed E-state index contributed by atoms with van der Waals surface area (Å²) in [4.78, 5) is 0. The first-order chi connectivity index (χ1) is 10.1. The zero-order valence-corrected chi connectivity index (χ0v) is 13.3. The van der Waals surface area contributed by atoms with E-state index in [1.54, 1.807) is 0 Å². The van der Waals surface area contributed by atoms with Gasteiger partial charge in [-0.2, -0.15) is 0 Å². The van der Waals surface area contributed by atoms with Crippen LogP contribution in [0.3, 0.4) is 0 Å². The molecule has 0 aromatic heterocycles. The molecule has 1 aliphatic carbocycles. The Kier molecular flexibility index (Phi) is 4.21. The molecule has 2 heteroatoms. The highest BCUT2D eigenvalue weighted by Gasteiger charge is 2.43. The minimum atomic E-state index is 0.0864. The summed E-state index contributed by atoms with van der Waals surface area (Å²) in [5.74, 6) is 2.07. The normalized spacial score (nSPS) is 22.1. The molecule has 0 amide bonds. The second-order valence-electron chi connectivity index (χ2n) is 6.05. The number of halogens is 1. The molecule has 0 heterocycles. The van der Waals surface area contributed by atoms with Crippen LogP contribution in [0.4, 0.5) is 0 Å². The van der Waals surface area contributed by atoms with Gasteiger partial charge in [-0.15, -0.1) is 11.6 Å². The van der Waals surface area contributed by atoms with E-state index in [-0.39, 0.29) is 11.5 Å². The van der Waals surface area contributed by atoms with E-state index < -0.39 is 0 Å². The van der Waals surface area contributed by atoms with Gasteiger partial charge in [0.25, 0.3) is 0 Å². The fourth-order valence-electron chi connectivity index (χ4n) is 2.87. The first-order valence-corrected chi connectivity index (χ1v) is 8.04. The highest BCUT2D eigenvalue weighted by atomic mass is 35.5. The van der Waals surface area contributed by atoms with Gasteiger partial charge in [0.05, 0.1) is 11.5 Å². The van der Waals surface area contributed by atoms with E-state index in [9.17, 15) is 0 Å².